The van der Waals surface area contributed by atoms with E-state index in [0.717, 1.165) is 5.39 Å². The zero-order valence-corrected chi connectivity index (χ0v) is 17.0. The van der Waals surface area contributed by atoms with Gasteiger partial charge in [0, 0.05) is 22.4 Å². The fourth-order valence-corrected chi connectivity index (χ4v) is 3.36. The molecule has 0 bridgehead atoms. The molecule has 0 aliphatic rings. The average molecular weight is 408 g/mol. The van der Waals surface area contributed by atoms with Crippen LogP contribution in [0.2, 0.25) is 0 Å². The molecule has 30 heavy (non-hydrogen) atoms. The van der Waals surface area contributed by atoms with Gasteiger partial charge in [-0.15, -0.1) is 0 Å². The maximum atomic E-state index is 12.2. The van der Waals surface area contributed by atoms with Crippen molar-refractivity contribution in [1.29, 1.82) is 0 Å². The van der Waals surface area contributed by atoms with E-state index < -0.39 is 17.7 Å². The molecule has 1 atom stereocenters. The Bertz CT molecular complexity index is 1310. The summed E-state index contributed by atoms with van der Waals surface area (Å²) in [7, 11) is 2.87. The van der Waals surface area contributed by atoms with E-state index in [-0.39, 0.29) is 0 Å². The van der Waals surface area contributed by atoms with Crippen LogP contribution < -0.4 is 15.1 Å². The maximum absolute atomic E-state index is 12.2. The molecule has 0 saturated heterocycles. The fourth-order valence-electron chi connectivity index (χ4n) is 3.36. The smallest absolute Gasteiger partial charge is 0.346 e. The van der Waals surface area contributed by atoms with Crippen molar-refractivity contribution in [2.24, 2.45) is 0 Å². The summed E-state index contributed by atoms with van der Waals surface area (Å²) in [6, 6.07) is 12.2. The molecule has 2 aromatic carbocycles. The molecule has 7 nitrogen and oxygen atoms in total. The summed E-state index contributed by atoms with van der Waals surface area (Å²) < 4.78 is 27.3. The van der Waals surface area contributed by atoms with E-state index in [1.807, 2.05) is 18.2 Å². The number of ether oxygens (including phenoxy) is 3. The molecule has 2 aromatic heterocycles. The van der Waals surface area contributed by atoms with Crippen molar-refractivity contribution < 1.29 is 27.8 Å². The fraction of sp³-hybridized carbons (Fsp3) is 0.217. The molecule has 0 aliphatic heterocycles. The standard InChI is InChI=1S/C23H20O7/c1-12-8-19-15(10-18(12)28-13(2)23(25)27-4)16(11-21(24)29-19)20-9-14-6-5-7-17(26-3)22(14)30-20/h5-11,13H,1-4H3/t13-/m1/s1. The topological polar surface area (TPSA) is 88.1 Å². The summed E-state index contributed by atoms with van der Waals surface area (Å²) in [6.45, 7) is 3.41. The van der Waals surface area contributed by atoms with Crippen molar-refractivity contribution in [3.8, 4) is 22.8 Å². The molecular formula is C23H20O7. The van der Waals surface area contributed by atoms with Gasteiger partial charge in [0.1, 0.15) is 17.1 Å². The number of esters is 1. The number of aryl methyl sites for hydroxylation is 1. The first kappa shape index (κ1) is 19.6. The lowest BCUT2D eigenvalue weighted by Gasteiger charge is -2.15. The molecule has 7 heteroatoms. The zero-order valence-electron chi connectivity index (χ0n) is 17.0. The molecule has 2 heterocycles. The van der Waals surface area contributed by atoms with Crippen LogP contribution in [-0.4, -0.2) is 26.3 Å². The monoisotopic (exact) mass is 408 g/mol. The molecule has 0 radical (unpaired) electrons. The third kappa shape index (κ3) is 3.39. The van der Waals surface area contributed by atoms with Gasteiger partial charge in [0.25, 0.3) is 0 Å². The van der Waals surface area contributed by atoms with Crippen LogP contribution in [0.5, 0.6) is 11.5 Å². The zero-order chi connectivity index (χ0) is 21.4. The Morgan fingerprint density at radius 2 is 1.83 bits per heavy atom. The highest BCUT2D eigenvalue weighted by Gasteiger charge is 2.19. The molecule has 0 unspecified atom stereocenters. The van der Waals surface area contributed by atoms with Gasteiger partial charge in [-0.3, -0.25) is 0 Å². The SMILES string of the molecule is COC(=O)[C@@H](C)Oc1cc2c(-c3cc4cccc(OC)c4o3)cc(=O)oc2cc1C. The van der Waals surface area contributed by atoms with Crippen molar-refractivity contribution in [1.82, 2.24) is 0 Å². The predicted molar refractivity (Wildman–Crippen MR) is 111 cm³/mol. The summed E-state index contributed by atoms with van der Waals surface area (Å²) in [5, 5.41) is 1.46. The van der Waals surface area contributed by atoms with Gasteiger partial charge < -0.3 is 23.0 Å². The average Bonchev–Trinajstić information content (AvgIpc) is 3.17. The third-order valence-electron chi connectivity index (χ3n) is 4.87. The Kier molecular flexibility index (Phi) is 4.95. The second-order valence-corrected chi connectivity index (χ2v) is 6.87. The highest BCUT2D eigenvalue weighted by Crippen LogP contribution is 2.37. The van der Waals surface area contributed by atoms with Crippen LogP contribution in [0, 0.1) is 6.92 Å². The summed E-state index contributed by atoms with van der Waals surface area (Å²) in [6.07, 6.45) is -0.791. The minimum absolute atomic E-state index is 0.389. The number of hydrogen-bond donors (Lipinski definition) is 0. The highest BCUT2D eigenvalue weighted by atomic mass is 16.6. The van der Waals surface area contributed by atoms with Gasteiger partial charge in [-0.1, -0.05) is 12.1 Å². The van der Waals surface area contributed by atoms with Crippen molar-refractivity contribution in [2.75, 3.05) is 14.2 Å². The molecule has 0 saturated carbocycles. The summed E-state index contributed by atoms with van der Waals surface area (Å²) >= 11 is 0. The van der Waals surface area contributed by atoms with E-state index >= 15 is 0 Å². The van der Waals surface area contributed by atoms with Gasteiger partial charge in [-0.25, -0.2) is 9.59 Å². The van der Waals surface area contributed by atoms with Crippen LogP contribution in [0.1, 0.15) is 12.5 Å². The van der Waals surface area contributed by atoms with Gasteiger partial charge in [-0.05, 0) is 43.7 Å². The largest absolute Gasteiger partial charge is 0.493 e. The Hall–Kier alpha value is -3.74. The van der Waals surface area contributed by atoms with Crippen LogP contribution in [0.25, 0.3) is 33.3 Å². The summed E-state index contributed by atoms with van der Waals surface area (Å²) in [5.41, 5.74) is 1.74. The van der Waals surface area contributed by atoms with Crippen molar-refractivity contribution in [2.45, 2.75) is 20.0 Å². The number of carbonyl (C=O) groups excluding carboxylic acids is 1. The molecule has 0 amide bonds. The lowest BCUT2D eigenvalue weighted by Crippen LogP contribution is -2.25. The quantitative estimate of drug-likeness (QED) is 0.356. The second kappa shape index (κ2) is 7.59. The molecule has 0 spiro atoms. The van der Waals surface area contributed by atoms with Crippen molar-refractivity contribution in [3.63, 3.8) is 0 Å². The molecule has 0 fully saturated rings. The van der Waals surface area contributed by atoms with Crippen LogP contribution in [0.15, 0.2) is 56.1 Å². The number of furan rings is 1. The first-order valence-corrected chi connectivity index (χ1v) is 9.31. The number of carbonyl (C=O) groups is 1. The van der Waals surface area contributed by atoms with Crippen molar-refractivity contribution >= 4 is 27.9 Å². The number of methoxy groups -OCH3 is 2. The summed E-state index contributed by atoms with van der Waals surface area (Å²) in [4.78, 5) is 23.9. The van der Waals surface area contributed by atoms with Gasteiger partial charge >= 0.3 is 11.6 Å². The normalized spacial score (nSPS) is 12.1. The predicted octanol–water partition coefficient (Wildman–Crippen LogP) is 4.46. The van der Waals surface area contributed by atoms with E-state index in [9.17, 15) is 9.59 Å². The first-order valence-electron chi connectivity index (χ1n) is 9.31. The second-order valence-electron chi connectivity index (χ2n) is 6.87. The van der Waals surface area contributed by atoms with Gasteiger partial charge in [0.2, 0.25) is 0 Å². The number of hydrogen-bond acceptors (Lipinski definition) is 7. The molecule has 0 N–H and O–H groups in total. The van der Waals surface area contributed by atoms with Crippen LogP contribution in [0.4, 0.5) is 0 Å². The van der Waals surface area contributed by atoms with Gasteiger partial charge in [-0.2, -0.15) is 0 Å². The first-order chi connectivity index (χ1) is 14.4. The highest BCUT2D eigenvalue weighted by molar-refractivity contribution is 5.96. The summed E-state index contributed by atoms with van der Waals surface area (Å²) in [5.74, 6) is 1.07. The van der Waals surface area contributed by atoms with Gasteiger partial charge in [0.15, 0.2) is 17.4 Å². The van der Waals surface area contributed by atoms with E-state index in [1.54, 1.807) is 39.2 Å². The van der Waals surface area contributed by atoms with Crippen LogP contribution in [-0.2, 0) is 9.53 Å². The molecular weight excluding hydrogens is 388 g/mol. The number of para-hydroxylation sites is 1. The number of benzene rings is 2. The maximum Gasteiger partial charge on any atom is 0.346 e. The van der Waals surface area contributed by atoms with E-state index in [4.69, 9.17) is 23.0 Å². The van der Waals surface area contributed by atoms with Crippen LogP contribution >= 0.6 is 0 Å². The molecule has 4 aromatic rings. The third-order valence-corrected chi connectivity index (χ3v) is 4.87. The Morgan fingerprint density at radius 1 is 1.03 bits per heavy atom. The molecule has 0 aliphatic carbocycles. The Balaban J connectivity index is 1.90. The Morgan fingerprint density at radius 3 is 2.57 bits per heavy atom. The van der Waals surface area contributed by atoms with Crippen LogP contribution in [0.3, 0.4) is 0 Å². The lowest BCUT2D eigenvalue weighted by molar-refractivity contribution is -0.147. The molecule has 4 rings (SSSR count). The minimum atomic E-state index is -0.791. The van der Waals surface area contributed by atoms with Crippen molar-refractivity contribution in [3.05, 3.63) is 58.4 Å². The van der Waals surface area contributed by atoms with E-state index in [2.05, 4.69) is 0 Å². The lowest BCUT2D eigenvalue weighted by atomic mass is 10.0. The molecule has 154 valence electrons. The van der Waals surface area contributed by atoms with E-state index in [0.29, 0.717) is 44.9 Å². The minimum Gasteiger partial charge on any atom is -0.493 e. The number of fused-ring (bicyclic) bond motifs is 2. The van der Waals surface area contributed by atoms with Gasteiger partial charge in [0.05, 0.1) is 14.2 Å². The van der Waals surface area contributed by atoms with E-state index in [1.165, 1.54) is 13.2 Å². The number of rotatable bonds is 5. The Labute approximate surface area is 171 Å².